The molecule has 0 aliphatic rings. The molecule has 0 aliphatic heterocycles. The Morgan fingerprint density at radius 3 is 2.67 bits per heavy atom. The van der Waals surface area contributed by atoms with Gasteiger partial charge in [0.25, 0.3) is 6.43 Å². The maximum atomic E-state index is 12.9. The molecule has 24 heavy (non-hydrogen) atoms. The molecular weight excluding hydrogens is 355 g/mol. The minimum absolute atomic E-state index is 0.0898. The molecule has 2 heterocycles. The third kappa shape index (κ3) is 3.20. The highest BCUT2D eigenvalue weighted by Crippen LogP contribution is 2.26. The van der Waals surface area contributed by atoms with Crippen molar-refractivity contribution in [1.29, 1.82) is 0 Å². The number of fused-ring (bicyclic) bond motifs is 1. The number of ether oxygens (including phenoxy) is 1. The van der Waals surface area contributed by atoms with Gasteiger partial charge < -0.3 is 9.72 Å². The molecule has 0 amide bonds. The Bertz CT molecular complexity index is 949. The van der Waals surface area contributed by atoms with Gasteiger partial charge in [-0.25, -0.2) is 18.4 Å². The van der Waals surface area contributed by atoms with Gasteiger partial charge in [0.05, 0.1) is 17.3 Å². The van der Waals surface area contributed by atoms with E-state index in [1.54, 1.807) is 0 Å². The van der Waals surface area contributed by atoms with Gasteiger partial charge in [-0.1, -0.05) is 18.3 Å². The Hall–Kier alpha value is -2.56. The number of rotatable bonds is 3. The molecule has 0 fully saturated rings. The lowest BCUT2D eigenvalue weighted by Crippen LogP contribution is -2.17. The zero-order chi connectivity index (χ0) is 17.5. The SMILES string of the molecule is FC(F)c1nc(=S)c2cnn(-c3cccc(OC(F)(F)F)c3)c2[nH]1. The zero-order valence-corrected chi connectivity index (χ0v) is 12.3. The molecule has 5 nitrogen and oxygen atoms in total. The van der Waals surface area contributed by atoms with Crippen molar-refractivity contribution in [3.8, 4) is 11.4 Å². The van der Waals surface area contributed by atoms with Gasteiger partial charge in [0, 0.05) is 6.07 Å². The molecule has 2 aromatic heterocycles. The standard InChI is InChI=1S/C13H7F5N4OS/c14-9(15)10-20-11-8(12(24)21-10)5-19-22(11)6-2-1-3-7(4-6)23-13(16,17)18/h1-5,9H,(H,20,21,24). The van der Waals surface area contributed by atoms with Gasteiger partial charge in [0.1, 0.15) is 16.0 Å². The van der Waals surface area contributed by atoms with Crippen molar-refractivity contribution < 1.29 is 26.7 Å². The van der Waals surface area contributed by atoms with Crippen LogP contribution in [0.2, 0.25) is 0 Å². The van der Waals surface area contributed by atoms with E-state index < -0.39 is 24.4 Å². The second-order valence-electron chi connectivity index (χ2n) is 4.59. The summed E-state index contributed by atoms with van der Waals surface area (Å²) in [7, 11) is 0. The largest absolute Gasteiger partial charge is 0.573 e. The van der Waals surface area contributed by atoms with Gasteiger partial charge in [0.2, 0.25) is 0 Å². The number of aromatic amines is 1. The number of hydrogen-bond donors (Lipinski definition) is 1. The summed E-state index contributed by atoms with van der Waals surface area (Å²) in [6, 6.07) is 4.93. The summed E-state index contributed by atoms with van der Waals surface area (Å²) in [5, 5.41) is 4.25. The summed E-state index contributed by atoms with van der Waals surface area (Å²) in [5.74, 6) is -1.12. The Balaban J connectivity index is 2.13. The number of halogens is 5. The van der Waals surface area contributed by atoms with Crippen molar-refractivity contribution in [3.63, 3.8) is 0 Å². The Morgan fingerprint density at radius 2 is 2.00 bits per heavy atom. The topological polar surface area (TPSA) is 55.7 Å². The number of nitrogens with one attached hydrogen (secondary N) is 1. The van der Waals surface area contributed by atoms with Crippen LogP contribution in [-0.2, 0) is 0 Å². The third-order valence-electron chi connectivity index (χ3n) is 2.97. The first-order chi connectivity index (χ1) is 11.2. The molecule has 11 heteroatoms. The van der Waals surface area contributed by atoms with E-state index in [-0.39, 0.29) is 21.4 Å². The van der Waals surface area contributed by atoms with Crippen LogP contribution < -0.4 is 4.74 Å². The molecule has 0 aliphatic carbocycles. The number of hydrogen-bond acceptors (Lipinski definition) is 4. The van der Waals surface area contributed by atoms with Crippen LogP contribution in [0.15, 0.2) is 30.5 Å². The smallest absolute Gasteiger partial charge is 0.406 e. The first-order valence-corrected chi connectivity index (χ1v) is 6.78. The number of H-pyrrole nitrogens is 1. The molecule has 0 atom stereocenters. The van der Waals surface area contributed by atoms with Gasteiger partial charge in [-0.2, -0.15) is 5.10 Å². The molecular formula is C13H7F5N4OS. The second kappa shape index (κ2) is 5.82. The maximum absolute atomic E-state index is 12.9. The van der Waals surface area contributed by atoms with Crippen LogP contribution in [0.1, 0.15) is 12.2 Å². The Labute approximate surface area is 135 Å². The predicted octanol–water partition coefficient (Wildman–Crippen LogP) is 4.31. The first-order valence-electron chi connectivity index (χ1n) is 6.37. The molecule has 126 valence electrons. The van der Waals surface area contributed by atoms with Gasteiger partial charge in [0.15, 0.2) is 5.82 Å². The number of alkyl halides is 5. The zero-order valence-electron chi connectivity index (χ0n) is 11.5. The van der Waals surface area contributed by atoms with Crippen LogP contribution >= 0.6 is 12.2 Å². The molecule has 3 aromatic rings. The monoisotopic (exact) mass is 362 g/mol. The highest BCUT2D eigenvalue weighted by Gasteiger charge is 2.31. The van der Waals surface area contributed by atoms with Gasteiger partial charge >= 0.3 is 6.36 Å². The Morgan fingerprint density at radius 1 is 1.25 bits per heavy atom. The number of nitrogens with zero attached hydrogens (tertiary/aromatic N) is 3. The molecule has 0 bridgehead atoms. The van der Waals surface area contributed by atoms with Crippen LogP contribution in [0, 0.1) is 4.64 Å². The lowest BCUT2D eigenvalue weighted by molar-refractivity contribution is -0.274. The normalized spacial score (nSPS) is 12.1. The summed E-state index contributed by atoms with van der Waals surface area (Å²) >= 11 is 4.93. The summed E-state index contributed by atoms with van der Waals surface area (Å²) < 4.78 is 67.5. The maximum Gasteiger partial charge on any atom is 0.573 e. The summed E-state index contributed by atoms with van der Waals surface area (Å²) in [6.45, 7) is 0. The van der Waals surface area contributed by atoms with Crippen LogP contribution in [0.5, 0.6) is 5.75 Å². The fourth-order valence-electron chi connectivity index (χ4n) is 2.06. The number of aromatic nitrogens is 4. The van der Waals surface area contributed by atoms with E-state index in [2.05, 4.69) is 19.8 Å². The molecule has 1 N–H and O–H groups in total. The fourth-order valence-corrected chi connectivity index (χ4v) is 2.30. The van der Waals surface area contributed by atoms with Crippen molar-refractivity contribution in [1.82, 2.24) is 19.7 Å². The van der Waals surface area contributed by atoms with Gasteiger partial charge in [-0.15, -0.1) is 13.2 Å². The Kier molecular flexibility index (Phi) is 3.95. The molecule has 0 saturated heterocycles. The lowest BCUT2D eigenvalue weighted by Gasteiger charge is -2.10. The van der Waals surface area contributed by atoms with Gasteiger partial charge in [-0.05, 0) is 12.1 Å². The van der Waals surface area contributed by atoms with E-state index in [1.807, 2.05) is 0 Å². The van der Waals surface area contributed by atoms with Crippen LogP contribution in [0.3, 0.4) is 0 Å². The van der Waals surface area contributed by atoms with E-state index in [0.29, 0.717) is 0 Å². The quantitative estimate of drug-likeness (QED) is 0.557. The van der Waals surface area contributed by atoms with Crippen LogP contribution in [0.25, 0.3) is 16.7 Å². The highest BCUT2D eigenvalue weighted by molar-refractivity contribution is 7.71. The summed E-state index contributed by atoms with van der Waals surface area (Å²) in [6.07, 6.45) is -6.45. The van der Waals surface area contributed by atoms with Crippen molar-refractivity contribution in [2.45, 2.75) is 12.8 Å². The van der Waals surface area contributed by atoms with Crippen molar-refractivity contribution >= 4 is 23.3 Å². The van der Waals surface area contributed by atoms with Crippen LogP contribution in [0.4, 0.5) is 22.0 Å². The van der Waals surface area contributed by atoms with E-state index >= 15 is 0 Å². The fraction of sp³-hybridized carbons (Fsp3) is 0.154. The van der Waals surface area contributed by atoms with E-state index in [0.717, 1.165) is 16.8 Å². The molecule has 1 aromatic carbocycles. The third-order valence-corrected chi connectivity index (χ3v) is 3.28. The van der Waals surface area contributed by atoms with Crippen molar-refractivity contribution in [3.05, 3.63) is 40.9 Å². The first kappa shape index (κ1) is 16.3. The molecule has 0 radical (unpaired) electrons. The second-order valence-corrected chi connectivity index (χ2v) is 4.98. The summed E-state index contributed by atoms with van der Waals surface area (Å²) in [5.41, 5.74) is 0.262. The summed E-state index contributed by atoms with van der Waals surface area (Å²) in [4.78, 5) is 5.95. The lowest BCUT2D eigenvalue weighted by atomic mass is 10.3. The molecule has 0 spiro atoms. The average Bonchev–Trinajstić information content (AvgIpc) is 2.90. The number of benzene rings is 1. The molecule has 0 saturated carbocycles. The average molecular weight is 362 g/mol. The van der Waals surface area contributed by atoms with Crippen molar-refractivity contribution in [2.75, 3.05) is 0 Å². The molecule has 3 rings (SSSR count). The van der Waals surface area contributed by atoms with Crippen molar-refractivity contribution in [2.24, 2.45) is 0 Å². The van der Waals surface area contributed by atoms with E-state index in [1.165, 1.54) is 18.3 Å². The van der Waals surface area contributed by atoms with E-state index in [4.69, 9.17) is 12.2 Å². The van der Waals surface area contributed by atoms with Crippen LogP contribution in [-0.4, -0.2) is 26.1 Å². The minimum atomic E-state index is -4.85. The predicted molar refractivity (Wildman–Crippen MR) is 75.7 cm³/mol. The highest BCUT2D eigenvalue weighted by atomic mass is 32.1. The van der Waals surface area contributed by atoms with E-state index in [9.17, 15) is 22.0 Å². The minimum Gasteiger partial charge on any atom is -0.406 e. The van der Waals surface area contributed by atoms with Gasteiger partial charge in [-0.3, -0.25) is 0 Å². The molecule has 0 unspecified atom stereocenters.